The van der Waals surface area contributed by atoms with Gasteiger partial charge >= 0.3 is 0 Å². The lowest BCUT2D eigenvalue weighted by Gasteiger charge is -2.36. The van der Waals surface area contributed by atoms with Crippen molar-refractivity contribution in [1.82, 2.24) is 0 Å². The molecule has 4 nitrogen and oxygen atoms in total. The Hall–Kier alpha value is -1.06. The molecule has 4 heteroatoms. The topological polar surface area (TPSA) is 80.3 Å². The van der Waals surface area contributed by atoms with E-state index >= 15 is 0 Å². The summed E-state index contributed by atoms with van der Waals surface area (Å²) in [6.45, 7) is 4.53. The molecule has 256 valence electrons. The van der Waals surface area contributed by atoms with Gasteiger partial charge in [0.15, 0.2) is 0 Å². The third-order valence-corrected chi connectivity index (χ3v) is 9.70. The van der Waals surface area contributed by atoms with Crippen LogP contribution >= 0.6 is 0 Å². The maximum atomic E-state index is 11.9. The number of aliphatic carboxylic acids is 2. The van der Waals surface area contributed by atoms with Gasteiger partial charge in [-0.15, -0.1) is 0 Å². The van der Waals surface area contributed by atoms with Crippen molar-refractivity contribution in [2.24, 2.45) is 5.41 Å². The van der Waals surface area contributed by atoms with Crippen LogP contribution < -0.4 is 10.2 Å². The van der Waals surface area contributed by atoms with E-state index in [-0.39, 0.29) is 12.8 Å². The van der Waals surface area contributed by atoms with Crippen LogP contribution in [0.4, 0.5) is 0 Å². The Bertz CT molecular complexity index is 550. The second-order valence-electron chi connectivity index (χ2n) is 13.8. The molecule has 0 aliphatic carbocycles. The third kappa shape index (κ3) is 25.9. The Morgan fingerprint density at radius 3 is 0.651 bits per heavy atom. The first kappa shape index (κ1) is 41.9. The summed E-state index contributed by atoms with van der Waals surface area (Å²) in [5, 5.41) is 23.8. The SMILES string of the molecule is CCCCCCCCCCCCCCCCCCC(CCCCCCCCCCCCCCCCCC)(C(=O)[O-])C(=O)[O-]. The molecule has 0 aliphatic rings. The molecule has 0 aromatic carbocycles. The molecule has 0 saturated carbocycles. The fourth-order valence-electron chi connectivity index (χ4n) is 6.57. The lowest BCUT2D eigenvalue weighted by atomic mass is 9.78. The van der Waals surface area contributed by atoms with Crippen LogP contribution in [-0.4, -0.2) is 11.9 Å². The molecule has 0 atom stereocenters. The van der Waals surface area contributed by atoms with E-state index in [9.17, 15) is 19.8 Å². The highest BCUT2D eigenvalue weighted by Crippen LogP contribution is 2.31. The van der Waals surface area contributed by atoms with Gasteiger partial charge in [-0.25, -0.2) is 0 Å². The van der Waals surface area contributed by atoms with Gasteiger partial charge in [-0.1, -0.05) is 219 Å². The zero-order valence-corrected chi connectivity index (χ0v) is 29.2. The molecule has 0 fully saturated rings. The van der Waals surface area contributed by atoms with E-state index < -0.39 is 17.4 Å². The van der Waals surface area contributed by atoms with Gasteiger partial charge < -0.3 is 19.8 Å². The molecular weight excluding hydrogens is 532 g/mol. The summed E-state index contributed by atoms with van der Waals surface area (Å²) in [7, 11) is 0. The van der Waals surface area contributed by atoms with Gasteiger partial charge in [0.05, 0.1) is 11.9 Å². The zero-order valence-electron chi connectivity index (χ0n) is 29.2. The second-order valence-corrected chi connectivity index (χ2v) is 13.8. The Balaban J connectivity index is 3.77. The highest BCUT2D eigenvalue weighted by molar-refractivity contribution is 5.96. The molecule has 0 aromatic heterocycles. The average molecular weight is 607 g/mol. The van der Waals surface area contributed by atoms with E-state index in [1.54, 1.807) is 0 Å². The molecule has 0 aromatic rings. The molecule has 0 radical (unpaired) electrons. The number of carbonyl (C=O) groups is 2. The zero-order chi connectivity index (χ0) is 31.7. The highest BCUT2D eigenvalue weighted by Gasteiger charge is 2.32. The molecule has 0 aliphatic heterocycles. The predicted octanol–water partition coefficient (Wildman–Crippen LogP) is 10.8. The fourth-order valence-corrected chi connectivity index (χ4v) is 6.57. The van der Waals surface area contributed by atoms with Crippen LogP contribution in [0.2, 0.25) is 0 Å². The summed E-state index contributed by atoms with van der Waals surface area (Å²) in [5.41, 5.74) is -1.81. The number of hydrogen-bond acceptors (Lipinski definition) is 4. The lowest BCUT2D eigenvalue weighted by molar-refractivity contribution is -0.344. The van der Waals surface area contributed by atoms with Crippen molar-refractivity contribution in [3.05, 3.63) is 0 Å². The van der Waals surface area contributed by atoms with Crippen molar-refractivity contribution < 1.29 is 19.8 Å². The molecule has 0 bridgehead atoms. The van der Waals surface area contributed by atoms with Gasteiger partial charge in [-0.3, -0.25) is 0 Å². The standard InChI is InChI=1S/C39H76O4/c1-3-5-7-9-11-13-15-17-19-21-23-25-27-29-31-33-35-39(37(40)41,38(42)43)36-34-32-30-28-26-24-22-20-18-16-14-12-10-8-6-4-2/h3-36H2,1-2H3,(H,40,41)(H,42,43)/p-2. The maximum absolute atomic E-state index is 11.9. The van der Waals surface area contributed by atoms with Gasteiger partial charge in [0.2, 0.25) is 0 Å². The maximum Gasteiger partial charge on any atom is 0.0532 e. The van der Waals surface area contributed by atoms with Crippen molar-refractivity contribution in [3.8, 4) is 0 Å². The van der Waals surface area contributed by atoms with Crippen molar-refractivity contribution in [1.29, 1.82) is 0 Å². The third-order valence-electron chi connectivity index (χ3n) is 9.70. The molecule has 0 unspecified atom stereocenters. The highest BCUT2D eigenvalue weighted by atomic mass is 16.4. The Morgan fingerprint density at radius 1 is 0.326 bits per heavy atom. The van der Waals surface area contributed by atoms with Crippen molar-refractivity contribution >= 4 is 11.9 Å². The normalized spacial score (nSPS) is 11.8. The van der Waals surface area contributed by atoms with Crippen LogP contribution in [0.5, 0.6) is 0 Å². The number of hydrogen-bond donors (Lipinski definition) is 0. The van der Waals surface area contributed by atoms with Gasteiger partial charge in [0, 0.05) is 5.41 Å². The van der Waals surface area contributed by atoms with Crippen LogP contribution in [-0.2, 0) is 9.59 Å². The van der Waals surface area contributed by atoms with Gasteiger partial charge in [0.1, 0.15) is 0 Å². The van der Waals surface area contributed by atoms with Gasteiger partial charge in [-0.2, -0.15) is 0 Å². The number of rotatable bonds is 36. The minimum Gasteiger partial charge on any atom is -0.549 e. The Kier molecular flexibility index (Phi) is 31.5. The second kappa shape index (κ2) is 32.3. The first-order valence-corrected chi connectivity index (χ1v) is 19.4. The molecule has 0 saturated heterocycles. The van der Waals surface area contributed by atoms with Crippen molar-refractivity contribution in [3.63, 3.8) is 0 Å². The molecule has 43 heavy (non-hydrogen) atoms. The van der Waals surface area contributed by atoms with Crippen molar-refractivity contribution in [2.45, 2.75) is 232 Å². The number of carboxylic acids is 2. The van der Waals surface area contributed by atoms with Crippen LogP contribution in [0, 0.1) is 5.41 Å². The summed E-state index contributed by atoms with van der Waals surface area (Å²) in [4.78, 5) is 23.8. The predicted molar refractivity (Wildman–Crippen MR) is 181 cm³/mol. The summed E-state index contributed by atoms with van der Waals surface area (Å²) in [5.74, 6) is -2.90. The average Bonchev–Trinajstić information content (AvgIpc) is 2.99. The molecule has 0 N–H and O–H groups in total. The Morgan fingerprint density at radius 2 is 0.488 bits per heavy atom. The summed E-state index contributed by atoms with van der Waals surface area (Å²) >= 11 is 0. The smallest absolute Gasteiger partial charge is 0.0532 e. The van der Waals surface area contributed by atoms with E-state index in [0.29, 0.717) is 12.8 Å². The van der Waals surface area contributed by atoms with Gasteiger partial charge in [0.25, 0.3) is 0 Å². The molecule has 0 amide bonds. The van der Waals surface area contributed by atoms with Crippen LogP contribution in [0.15, 0.2) is 0 Å². The van der Waals surface area contributed by atoms with E-state index in [1.807, 2.05) is 0 Å². The minimum atomic E-state index is -1.81. The molecule has 0 rings (SSSR count). The number of carbonyl (C=O) groups excluding carboxylic acids is 2. The van der Waals surface area contributed by atoms with Crippen molar-refractivity contribution in [2.75, 3.05) is 0 Å². The first-order valence-electron chi connectivity index (χ1n) is 19.4. The monoisotopic (exact) mass is 607 g/mol. The van der Waals surface area contributed by atoms with Crippen LogP contribution in [0.1, 0.15) is 232 Å². The van der Waals surface area contributed by atoms with Crippen LogP contribution in [0.3, 0.4) is 0 Å². The quantitative estimate of drug-likeness (QED) is 0.0525. The molecular formula is C39H74O4-2. The summed E-state index contributed by atoms with van der Waals surface area (Å²) in [6.07, 6.45) is 40.1. The lowest BCUT2D eigenvalue weighted by Crippen LogP contribution is -2.53. The Labute approximate surface area is 269 Å². The van der Waals surface area contributed by atoms with Crippen LogP contribution in [0.25, 0.3) is 0 Å². The first-order chi connectivity index (χ1) is 21.0. The van der Waals surface area contributed by atoms with E-state index in [2.05, 4.69) is 13.8 Å². The summed E-state index contributed by atoms with van der Waals surface area (Å²) in [6, 6.07) is 0. The van der Waals surface area contributed by atoms with E-state index in [4.69, 9.17) is 0 Å². The molecule has 0 heterocycles. The van der Waals surface area contributed by atoms with Gasteiger partial charge in [-0.05, 0) is 12.8 Å². The largest absolute Gasteiger partial charge is 0.549 e. The fraction of sp³-hybridized carbons (Fsp3) is 0.949. The van der Waals surface area contributed by atoms with E-state index in [0.717, 1.165) is 38.5 Å². The molecule has 0 spiro atoms. The minimum absolute atomic E-state index is 0.148. The number of unbranched alkanes of at least 4 members (excludes halogenated alkanes) is 30. The summed E-state index contributed by atoms with van der Waals surface area (Å²) < 4.78 is 0. The van der Waals surface area contributed by atoms with E-state index in [1.165, 1.54) is 154 Å². The number of carboxylic acid groups (broad SMARTS) is 2.